The molecule has 2 fully saturated rings. The average molecular weight is 373 g/mol. The molecule has 0 saturated carbocycles. The van der Waals surface area contributed by atoms with Crippen molar-refractivity contribution < 1.29 is 19.1 Å². The summed E-state index contributed by atoms with van der Waals surface area (Å²) in [5.41, 5.74) is 1.09. The normalized spacial score (nSPS) is 21.9. The van der Waals surface area contributed by atoms with Gasteiger partial charge in [0.05, 0.1) is 13.0 Å². The van der Waals surface area contributed by atoms with Crippen LogP contribution < -0.4 is 5.32 Å². The Morgan fingerprint density at radius 2 is 1.89 bits per heavy atom. The third-order valence-corrected chi connectivity index (χ3v) is 5.81. The van der Waals surface area contributed by atoms with Crippen LogP contribution in [0.3, 0.4) is 0 Å². The van der Waals surface area contributed by atoms with E-state index in [1.165, 1.54) is 7.11 Å². The van der Waals surface area contributed by atoms with Gasteiger partial charge in [0, 0.05) is 26.7 Å². The van der Waals surface area contributed by atoms with Crippen molar-refractivity contribution in [3.05, 3.63) is 35.9 Å². The molecule has 2 saturated heterocycles. The average Bonchev–Trinajstić information content (AvgIpc) is 2.70. The van der Waals surface area contributed by atoms with Gasteiger partial charge in [-0.3, -0.25) is 9.59 Å². The van der Waals surface area contributed by atoms with Crippen LogP contribution in [0.15, 0.2) is 30.3 Å². The van der Waals surface area contributed by atoms with Gasteiger partial charge < -0.3 is 19.9 Å². The second-order valence-electron chi connectivity index (χ2n) is 7.58. The fourth-order valence-corrected chi connectivity index (χ4v) is 4.26. The van der Waals surface area contributed by atoms with Crippen molar-refractivity contribution in [1.29, 1.82) is 0 Å². The molecule has 1 N–H and O–H groups in total. The highest BCUT2D eigenvalue weighted by Gasteiger charge is 2.45. The highest BCUT2D eigenvalue weighted by Crippen LogP contribution is 2.45. The molecule has 146 valence electrons. The molecule has 0 unspecified atom stereocenters. The zero-order valence-corrected chi connectivity index (χ0v) is 15.9. The summed E-state index contributed by atoms with van der Waals surface area (Å²) < 4.78 is 4.54. The van der Waals surface area contributed by atoms with Crippen LogP contribution in [0, 0.1) is 5.41 Å². The van der Waals surface area contributed by atoms with E-state index in [1.54, 1.807) is 4.90 Å². The fraction of sp³-hybridized carbons (Fsp3) is 0.550. The van der Waals surface area contributed by atoms with Gasteiger partial charge in [-0.2, -0.15) is 0 Å². The highest BCUT2D eigenvalue weighted by molar-refractivity contribution is 5.84. The Bertz CT molecular complexity index is 698. The molecule has 7 heteroatoms. The number of carbonyl (C=O) groups excluding carboxylic acids is 3. The van der Waals surface area contributed by atoms with Crippen molar-refractivity contribution >= 4 is 17.9 Å². The Morgan fingerprint density at radius 1 is 1.22 bits per heavy atom. The van der Waals surface area contributed by atoms with E-state index in [4.69, 9.17) is 0 Å². The van der Waals surface area contributed by atoms with Gasteiger partial charge in [-0.25, -0.2) is 4.79 Å². The van der Waals surface area contributed by atoms with Crippen molar-refractivity contribution in [3.63, 3.8) is 0 Å². The molecule has 0 radical (unpaired) electrons. The largest absolute Gasteiger partial charge is 0.468 e. The fourth-order valence-electron chi connectivity index (χ4n) is 4.26. The molecule has 1 aromatic rings. The lowest BCUT2D eigenvalue weighted by molar-refractivity contribution is -0.139. The van der Waals surface area contributed by atoms with Crippen LogP contribution in [0.4, 0.5) is 4.79 Å². The number of methoxy groups -OCH3 is 1. The number of nitrogens with zero attached hydrogens (tertiary/aromatic N) is 2. The summed E-state index contributed by atoms with van der Waals surface area (Å²) in [6.45, 7) is 1.85. The molecular formula is C20H27N3O4. The van der Waals surface area contributed by atoms with Gasteiger partial charge in [0.25, 0.3) is 0 Å². The number of likely N-dealkylation sites (tertiary alicyclic amines) is 2. The molecule has 0 bridgehead atoms. The molecule has 2 aliphatic rings. The highest BCUT2D eigenvalue weighted by atomic mass is 16.5. The Labute approximate surface area is 159 Å². The lowest BCUT2D eigenvalue weighted by Gasteiger charge is -2.49. The number of piperidine rings is 2. The first kappa shape index (κ1) is 19.2. The van der Waals surface area contributed by atoms with Crippen LogP contribution in [-0.2, 0) is 14.3 Å². The van der Waals surface area contributed by atoms with Gasteiger partial charge in [0.15, 0.2) is 0 Å². The quantitative estimate of drug-likeness (QED) is 0.817. The topological polar surface area (TPSA) is 79.0 Å². The molecular weight excluding hydrogens is 346 g/mol. The standard InChI is InChI=1S/C20H27N3O4/c1-22-14-20(12-16(18(22)25)15-6-4-3-5-7-15)8-10-23(11-9-20)19(26)21-13-17(24)27-2/h3-7,16H,8-14H2,1-2H3,(H,21,26)/t16-/m0/s1. The van der Waals surface area contributed by atoms with Crippen LogP contribution in [-0.4, -0.2) is 68.0 Å². The van der Waals surface area contributed by atoms with Crippen molar-refractivity contribution in [2.24, 2.45) is 5.41 Å². The van der Waals surface area contributed by atoms with Gasteiger partial charge in [0.1, 0.15) is 6.54 Å². The van der Waals surface area contributed by atoms with Crippen LogP contribution in [0.1, 0.15) is 30.7 Å². The summed E-state index contributed by atoms with van der Waals surface area (Å²) >= 11 is 0. The first-order valence-corrected chi connectivity index (χ1v) is 9.34. The van der Waals surface area contributed by atoms with E-state index < -0.39 is 5.97 Å². The number of amides is 3. The third kappa shape index (κ3) is 4.23. The third-order valence-electron chi connectivity index (χ3n) is 5.81. The van der Waals surface area contributed by atoms with Crippen LogP contribution >= 0.6 is 0 Å². The number of urea groups is 1. The molecule has 1 spiro atoms. The summed E-state index contributed by atoms with van der Waals surface area (Å²) in [6, 6.07) is 9.70. The van der Waals surface area contributed by atoms with Crippen LogP contribution in [0.25, 0.3) is 0 Å². The second-order valence-corrected chi connectivity index (χ2v) is 7.58. The number of carbonyl (C=O) groups is 3. The smallest absolute Gasteiger partial charge is 0.325 e. The second kappa shape index (κ2) is 7.98. The van der Waals surface area contributed by atoms with E-state index in [9.17, 15) is 14.4 Å². The Balaban J connectivity index is 1.63. The minimum atomic E-state index is -0.463. The van der Waals surface area contributed by atoms with Crippen LogP contribution in [0.2, 0.25) is 0 Å². The van der Waals surface area contributed by atoms with Gasteiger partial charge in [0.2, 0.25) is 5.91 Å². The number of hydrogen-bond acceptors (Lipinski definition) is 4. The predicted octanol–water partition coefficient (Wildman–Crippen LogP) is 1.60. The predicted molar refractivity (Wildman–Crippen MR) is 100 cm³/mol. The summed E-state index contributed by atoms with van der Waals surface area (Å²) in [5, 5.41) is 2.59. The summed E-state index contributed by atoms with van der Waals surface area (Å²) in [6.07, 6.45) is 2.51. The van der Waals surface area contributed by atoms with E-state index in [-0.39, 0.29) is 29.8 Å². The van der Waals surface area contributed by atoms with E-state index in [1.807, 2.05) is 42.3 Å². The zero-order valence-electron chi connectivity index (χ0n) is 15.9. The lowest BCUT2D eigenvalue weighted by atomic mass is 9.68. The molecule has 3 amide bonds. The lowest BCUT2D eigenvalue weighted by Crippen LogP contribution is -2.55. The first-order valence-electron chi connectivity index (χ1n) is 9.34. The number of nitrogens with one attached hydrogen (secondary N) is 1. The van der Waals surface area contributed by atoms with Gasteiger partial charge in [-0.1, -0.05) is 30.3 Å². The Kier molecular flexibility index (Phi) is 5.68. The van der Waals surface area contributed by atoms with Crippen molar-refractivity contribution in [3.8, 4) is 0 Å². The van der Waals surface area contributed by atoms with Gasteiger partial charge in [-0.05, 0) is 30.2 Å². The Hall–Kier alpha value is -2.57. The minimum Gasteiger partial charge on any atom is -0.468 e. The van der Waals surface area contributed by atoms with Gasteiger partial charge >= 0.3 is 12.0 Å². The van der Waals surface area contributed by atoms with Gasteiger partial charge in [-0.15, -0.1) is 0 Å². The molecule has 1 atom stereocenters. The summed E-state index contributed by atoms with van der Waals surface area (Å²) in [5.74, 6) is -0.412. The number of rotatable bonds is 3. The van der Waals surface area contributed by atoms with Crippen molar-refractivity contribution in [2.45, 2.75) is 25.2 Å². The summed E-state index contributed by atoms with van der Waals surface area (Å²) in [4.78, 5) is 39.7. The molecule has 27 heavy (non-hydrogen) atoms. The number of likely N-dealkylation sites (N-methyl/N-ethyl adjacent to an activating group) is 1. The summed E-state index contributed by atoms with van der Waals surface area (Å²) in [7, 11) is 3.16. The first-order chi connectivity index (χ1) is 12.9. The number of hydrogen-bond donors (Lipinski definition) is 1. The molecule has 1 aromatic carbocycles. The SMILES string of the molecule is COC(=O)CNC(=O)N1CCC2(CC1)C[C@@H](c1ccccc1)C(=O)N(C)C2. The molecule has 2 aliphatic heterocycles. The van der Waals surface area contributed by atoms with Crippen molar-refractivity contribution in [1.82, 2.24) is 15.1 Å². The van der Waals surface area contributed by atoms with Crippen molar-refractivity contribution in [2.75, 3.05) is 40.3 Å². The molecule has 0 aromatic heterocycles. The van der Waals surface area contributed by atoms with Crippen LogP contribution in [0.5, 0.6) is 0 Å². The maximum absolute atomic E-state index is 12.7. The zero-order chi connectivity index (χ0) is 19.4. The van der Waals surface area contributed by atoms with E-state index in [0.717, 1.165) is 31.4 Å². The minimum absolute atomic E-state index is 0.0301. The number of esters is 1. The van der Waals surface area contributed by atoms with E-state index in [2.05, 4.69) is 10.1 Å². The monoisotopic (exact) mass is 373 g/mol. The molecule has 7 nitrogen and oxygen atoms in total. The molecule has 2 heterocycles. The maximum atomic E-state index is 12.7. The number of ether oxygens (including phenoxy) is 1. The Morgan fingerprint density at radius 3 is 2.52 bits per heavy atom. The van der Waals surface area contributed by atoms with E-state index >= 15 is 0 Å². The molecule has 3 rings (SSSR count). The number of benzene rings is 1. The maximum Gasteiger partial charge on any atom is 0.325 e. The molecule has 0 aliphatic carbocycles. The van der Waals surface area contributed by atoms with E-state index in [0.29, 0.717) is 13.1 Å².